The van der Waals surface area contributed by atoms with Crippen LogP contribution in [-0.2, 0) is 0 Å². The fourth-order valence-electron chi connectivity index (χ4n) is 1.42. The van der Waals surface area contributed by atoms with E-state index in [2.05, 4.69) is 30.7 Å². The first-order valence-corrected chi connectivity index (χ1v) is 5.12. The smallest absolute Gasteiger partial charge is 0.0311 e. The van der Waals surface area contributed by atoms with E-state index in [1.54, 1.807) is 0 Å². The van der Waals surface area contributed by atoms with Crippen molar-refractivity contribution in [3.05, 3.63) is 30.7 Å². The number of rotatable bonds is 0. The van der Waals surface area contributed by atoms with Crippen LogP contribution >= 0.6 is 0 Å². The molecule has 0 bridgehead atoms. The molecule has 0 aliphatic heterocycles. The zero-order valence-electron chi connectivity index (χ0n) is 7.84. The van der Waals surface area contributed by atoms with E-state index in [0.29, 0.717) is 0 Å². The van der Waals surface area contributed by atoms with Crippen LogP contribution in [0.1, 0.15) is 44.9 Å². The van der Waals surface area contributed by atoms with E-state index in [1.807, 2.05) is 0 Å². The lowest BCUT2D eigenvalue weighted by molar-refractivity contribution is 0.694. The van der Waals surface area contributed by atoms with Gasteiger partial charge >= 0.3 is 0 Å². The van der Waals surface area contributed by atoms with Crippen LogP contribution in [0, 0.1) is 6.42 Å². The third-order valence-electron chi connectivity index (χ3n) is 2.18. The summed E-state index contributed by atoms with van der Waals surface area (Å²) >= 11 is 0. The summed E-state index contributed by atoms with van der Waals surface area (Å²) in [5.74, 6) is 0. The Morgan fingerprint density at radius 1 is 0.583 bits per heavy atom. The first kappa shape index (κ1) is 9.57. The molecule has 0 aromatic heterocycles. The Hall–Kier alpha value is -0.520. The van der Waals surface area contributed by atoms with Crippen LogP contribution in [-0.4, -0.2) is 0 Å². The molecule has 1 radical (unpaired) electrons. The summed E-state index contributed by atoms with van der Waals surface area (Å²) in [7, 11) is 0. The van der Waals surface area contributed by atoms with Gasteiger partial charge in [-0.05, 0) is 44.9 Å². The minimum atomic E-state index is 1.14. The third kappa shape index (κ3) is 5.17. The molecule has 0 fully saturated rings. The molecular weight excluding hydrogens is 144 g/mol. The SMILES string of the molecule is [CH]1CC=CCCCCCC=CC1. The summed E-state index contributed by atoms with van der Waals surface area (Å²) in [4.78, 5) is 0. The van der Waals surface area contributed by atoms with E-state index in [4.69, 9.17) is 0 Å². The van der Waals surface area contributed by atoms with Gasteiger partial charge in [-0.25, -0.2) is 0 Å². The zero-order valence-corrected chi connectivity index (χ0v) is 7.84. The normalized spacial score (nSPS) is 21.3. The van der Waals surface area contributed by atoms with Gasteiger partial charge in [0, 0.05) is 0 Å². The predicted molar refractivity (Wildman–Crippen MR) is 54.9 cm³/mol. The van der Waals surface area contributed by atoms with Gasteiger partial charge < -0.3 is 0 Å². The highest BCUT2D eigenvalue weighted by atomic mass is 13.9. The fourth-order valence-corrected chi connectivity index (χ4v) is 1.42. The summed E-state index contributed by atoms with van der Waals surface area (Å²) in [6, 6.07) is 0. The molecule has 0 saturated heterocycles. The van der Waals surface area contributed by atoms with Crippen molar-refractivity contribution in [1.82, 2.24) is 0 Å². The summed E-state index contributed by atoms with van der Waals surface area (Å²) in [5.41, 5.74) is 0. The Bertz CT molecular complexity index is 126. The van der Waals surface area contributed by atoms with Gasteiger partial charge in [0.15, 0.2) is 0 Å². The van der Waals surface area contributed by atoms with Gasteiger partial charge in [0.05, 0.1) is 0 Å². The molecule has 12 heavy (non-hydrogen) atoms. The molecule has 1 rings (SSSR count). The van der Waals surface area contributed by atoms with Gasteiger partial charge in [0.25, 0.3) is 0 Å². The Balaban J connectivity index is 2.19. The lowest BCUT2D eigenvalue weighted by atomic mass is 10.1. The Kier molecular flexibility index (Phi) is 5.70. The molecule has 1 aliphatic rings. The molecular formula is C12H19. The molecule has 0 heteroatoms. The molecule has 0 unspecified atom stereocenters. The van der Waals surface area contributed by atoms with E-state index in [-0.39, 0.29) is 0 Å². The minimum Gasteiger partial charge on any atom is -0.0885 e. The molecule has 0 spiro atoms. The highest BCUT2D eigenvalue weighted by molar-refractivity contribution is 4.93. The summed E-state index contributed by atoms with van der Waals surface area (Å²) in [6.07, 6.45) is 20.5. The summed E-state index contributed by atoms with van der Waals surface area (Å²) < 4.78 is 0. The van der Waals surface area contributed by atoms with Gasteiger partial charge in [0.2, 0.25) is 0 Å². The van der Waals surface area contributed by atoms with Crippen LogP contribution in [0.2, 0.25) is 0 Å². The Labute approximate surface area is 76.4 Å². The second-order valence-corrected chi connectivity index (χ2v) is 3.34. The molecule has 0 aromatic carbocycles. The molecule has 0 atom stereocenters. The standard InChI is InChI=1S/C12H19/c1-2-4-6-8-10-12-11-9-7-5-3-1/h1-2,5,9,11H,3-4,6-8,10,12H2. The zero-order chi connectivity index (χ0) is 8.49. The summed E-state index contributed by atoms with van der Waals surface area (Å²) in [5, 5.41) is 0. The Morgan fingerprint density at radius 3 is 1.75 bits per heavy atom. The number of allylic oxidation sites excluding steroid dienone is 4. The molecule has 0 nitrogen and oxygen atoms in total. The van der Waals surface area contributed by atoms with Crippen molar-refractivity contribution < 1.29 is 0 Å². The molecule has 67 valence electrons. The van der Waals surface area contributed by atoms with Crippen LogP contribution in [0.15, 0.2) is 24.3 Å². The van der Waals surface area contributed by atoms with Crippen molar-refractivity contribution in [3.63, 3.8) is 0 Å². The van der Waals surface area contributed by atoms with Gasteiger partial charge in [-0.1, -0.05) is 30.7 Å². The van der Waals surface area contributed by atoms with Gasteiger partial charge in [0.1, 0.15) is 0 Å². The molecule has 0 amide bonds. The van der Waals surface area contributed by atoms with Crippen molar-refractivity contribution in [3.8, 4) is 0 Å². The molecule has 1 aliphatic carbocycles. The van der Waals surface area contributed by atoms with Crippen molar-refractivity contribution in [2.45, 2.75) is 44.9 Å². The third-order valence-corrected chi connectivity index (χ3v) is 2.18. The van der Waals surface area contributed by atoms with E-state index < -0.39 is 0 Å². The van der Waals surface area contributed by atoms with Crippen molar-refractivity contribution in [2.75, 3.05) is 0 Å². The van der Waals surface area contributed by atoms with E-state index in [1.165, 1.54) is 32.1 Å². The molecule has 0 N–H and O–H groups in total. The van der Waals surface area contributed by atoms with Crippen LogP contribution in [0.5, 0.6) is 0 Å². The summed E-state index contributed by atoms with van der Waals surface area (Å²) in [6.45, 7) is 0. The number of hydrogen-bond acceptors (Lipinski definition) is 0. The lowest BCUT2D eigenvalue weighted by Crippen LogP contribution is -1.78. The van der Waals surface area contributed by atoms with Crippen LogP contribution in [0.3, 0.4) is 0 Å². The van der Waals surface area contributed by atoms with Crippen LogP contribution < -0.4 is 0 Å². The van der Waals surface area contributed by atoms with Crippen LogP contribution in [0.25, 0.3) is 0 Å². The maximum Gasteiger partial charge on any atom is -0.0311 e. The average Bonchev–Trinajstić information content (AvgIpc) is 2.05. The van der Waals surface area contributed by atoms with Gasteiger partial charge in [-0.2, -0.15) is 0 Å². The quantitative estimate of drug-likeness (QED) is 0.473. The minimum absolute atomic E-state index is 1.14. The number of hydrogen-bond donors (Lipinski definition) is 0. The molecule has 0 aromatic rings. The Morgan fingerprint density at radius 2 is 1.17 bits per heavy atom. The van der Waals surface area contributed by atoms with Crippen molar-refractivity contribution in [1.29, 1.82) is 0 Å². The van der Waals surface area contributed by atoms with Gasteiger partial charge in [-0.15, -0.1) is 0 Å². The van der Waals surface area contributed by atoms with E-state index in [0.717, 1.165) is 12.8 Å². The van der Waals surface area contributed by atoms with Gasteiger partial charge in [-0.3, -0.25) is 0 Å². The topological polar surface area (TPSA) is 0 Å². The van der Waals surface area contributed by atoms with Crippen molar-refractivity contribution >= 4 is 0 Å². The second-order valence-electron chi connectivity index (χ2n) is 3.34. The first-order chi connectivity index (χ1) is 6.00. The fraction of sp³-hybridized carbons (Fsp3) is 0.583. The maximum absolute atomic E-state index is 2.33. The highest BCUT2D eigenvalue weighted by Crippen LogP contribution is 2.07. The average molecular weight is 163 g/mol. The predicted octanol–water partition coefficient (Wildman–Crippen LogP) is 4.05. The lowest BCUT2D eigenvalue weighted by Gasteiger charge is -1.97. The van der Waals surface area contributed by atoms with E-state index >= 15 is 0 Å². The van der Waals surface area contributed by atoms with Crippen molar-refractivity contribution in [2.24, 2.45) is 0 Å². The van der Waals surface area contributed by atoms with Crippen LogP contribution in [0.4, 0.5) is 0 Å². The monoisotopic (exact) mass is 163 g/mol. The maximum atomic E-state index is 2.33. The second kappa shape index (κ2) is 7.15. The first-order valence-electron chi connectivity index (χ1n) is 5.12. The highest BCUT2D eigenvalue weighted by Gasteiger charge is 1.88. The molecule has 0 heterocycles. The molecule has 0 saturated carbocycles. The largest absolute Gasteiger partial charge is 0.0885 e. The van der Waals surface area contributed by atoms with E-state index in [9.17, 15) is 0 Å².